The number of methoxy groups -OCH3 is 2. The lowest BCUT2D eigenvalue weighted by Gasteiger charge is -2.37. The van der Waals surface area contributed by atoms with E-state index in [4.69, 9.17) is 14.6 Å². The third kappa shape index (κ3) is 5.17. The molecule has 1 N–H and O–H groups in total. The van der Waals surface area contributed by atoms with Gasteiger partial charge in [-0.25, -0.2) is 4.79 Å². The van der Waals surface area contributed by atoms with Gasteiger partial charge in [-0.3, -0.25) is 4.79 Å². The van der Waals surface area contributed by atoms with Crippen molar-refractivity contribution in [3.05, 3.63) is 0 Å². The van der Waals surface area contributed by atoms with Crippen LogP contribution in [0.15, 0.2) is 0 Å². The highest BCUT2D eigenvalue weighted by molar-refractivity contribution is 5.77. The smallest absolute Gasteiger partial charge is 0.320 e. The van der Waals surface area contributed by atoms with Crippen LogP contribution in [0, 0.1) is 5.92 Å². The summed E-state index contributed by atoms with van der Waals surface area (Å²) in [5.41, 5.74) is 0. The van der Waals surface area contributed by atoms with Crippen molar-refractivity contribution in [3.63, 3.8) is 0 Å². The number of aliphatic carboxylic acids is 1. The molecule has 7 heteroatoms. The summed E-state index contributed by atoms with van der Waals surface area (Å²) in [5, 5.41) is 9.12. The molecule has 2 atom stereocenters. The summed E-state index contributed by atoms with van der Waals surface area (Å²) in [6.07, 6.45) is 1.35. The largest absolute Gasteiger partial charge is 0.481 e. The molecule has 0 aromatic carbocycles. The molecule has 0 saturated carbocycles. The van der Waals surface area contributed by atoms with E-state index in [1.165, 1.54) is 0 Å². The zero-order valence-electron chi connectivity index (χ0n) is 13.1. The Hall–Kier alpha value is -1.34. The van der Waals surface area contributed by atoms with Crippen LogP contribution in [0.2, 0.25) is 0 Å². The van der Waals surface area contributed by atoms with E-state index in [0.29, 0.717) is 32.7 Å². The average molecular weight is 302 g/mol. The molecule has 1 aliphatic heterocycles. The highest BCUT2D eigenvalue weighted by atomic mass is 16.5. The average Bonchev–Trinajstić information content (AvgIpc) is 2.47. The second-order valence-corrected chi connectivity index (χ2v) is 5.40. The van der Waals surface area contributed by atoms with E-state index in [1.807, 2.05) is 6.92 Å². The van der Waals surface area contributed by atoms with Gasteiger partial charge < -0.3 is 24.4 Å². The predicted octanol–water partition coefficient (Wildman–Crippen LogP) is 0.886. The molecule has 2 amide bonds. The number of amides is 2. The van der Waals surface area contributed by atoms with E-state index >= 15 is 0 Å². The van der Waals surface area contributed by atoms with Gasteiger partial charge in [-0.05, 0) is 19.8 Å². The summed E-state index contributed by atoms with van der Waals surface area (Å²) in [4.78, 5) is 27.1. The van der Waals surface area contributed by atoms with Crippen LogP contribution in [0.4, 0.5) is 4.79 Å². The number of rotatable bonds is 7. The normalized spacial score (nSPS) is 20.1. The Morgan fingerprint density at radius 2 is 2.10 bits per heavy atom. The molecule has 0 spiro atoms. The van der Waals surface area contributed by atoms with Crippen LogP contribution in [0.3, 0.4) is 0 Å². The molecular formula is C14H26N2O5. The van der Waals surface area contributed by atoms with Crippen LogP contribution in [-0.4, -0.2) is 80.0 Å². The molecule has 7 nitrogen and oxygen atoms in total. The Balaban J connectivity index is 2.71. The molecule has 1 unspecified atom stereocenters. The van der Waals surface area contributed by atoms with Gasteiger partial charge in [0.1, 0.15) is 0 Å². The maximum atomic E-state index is 12.6. The standard InChI is InChI=1S/C14H26N2O5/c1-11(10-21-3)16(7-8-20-2)14(19)15-6-4-5-12(9-15)13(17)18/h11-12H,4-10H2,1-3H3,(H,17,18)/t11?,12-/m0/s1. The topological polar surface area (TPSA) is 79.3 Å². The van der Waals surface area contributed by atoms with Crippen LogP contribution in [0.5, 0.6) is 0 Å². The number of carbonyl (C=O) groups is 2. The fraction of sp³-hybridized carbons (Fsp3) is 0.857. The highest BCUT2D eigenvalue weighted by Crippen LogP contribution is 2.18. The Bertz CT molecular complexity index is 350. The van der Waals surface area contributed by atoms with Crippen LogP contribution >= 0.6 is 0 Å². The molecule has 122 valence electrons. The van der Waals surface area contributed by atoms with Crippen molar-refractivity contribution >= 4 is 12.0 Å². The van der Waals surface area contributed by atoms with E-state index in [1.54, 1.807) is 24.0 Å². The summed E-state index contributed by atoms with van der Waals surface area (Å²) in [6.45, 7) is 4.13. The molecule has 1 saturated heterocycles. The fourth-order valence-corrected chi connectivity index (χ4v) is 2.56. The second kappa shape index (κ2) is 8.84. The maximum Gasteiger partial charge on any atom is 0.320 e. The van der Waals surface area contributed by atoms with Gasteiger partial charge in [-0.1, -0.05) is 0 Å². The second-order valence-electron chi connectivity index (χ2n) is 5.40. The van der Waals surface area contributed by atoms with Crippen LogP contribution < -0.4 is 0 Å². The third-order valence-electron chi connectivity index (χ3n) is 3.76. The van der Waals surface area contributed by atoms with E-state index in [0.717, 1.165) is 6.42 Å². The minimum Gasteiger partial charge on any atom is -0.481 e. The molecule has 1 heterocycles. The molecule has 0 radical (unpaired) electrons. The molecule has 0 aromatic rings. The number of ether oxygens (including phenoxy) is 2. The quantitative estimate of drug-likeness (QED) is 0.755. The first-order valence-electron chi connectivity index (χ1n) is 7.27. The number of likely N-dealkylation sites (tertiary alicyclic amines) is 1. The lowest BCUT2D eigenvalue weighted by Crippen LogP contribution is -2.53. The minimum atomic E-state index is -0.833. The van der Waals surface area contributed by atoms with E-state index < -0.39 is 11.9 Å². The van der Waals surface area contributed by atoms with Gasteiger partial charge in [-0.15, -0.1) is 0 Å². The van der Waals surface area contributed by atoms with Gasteiger partial charge in [0.05, 0.1) is 25.2 Å². The molecule has 1 fully saturated rings. The number of hydrogen-bond acceptors (Lipinski definition) is 4. The first-order chi connectivity index (χ1) is 10.0. The minimum absolute atomic E-state index is 0.0807. The first kappa shape index (κ1) is 17.7. The Morgan fingerprint density at radius 1 is 1.38 bits per heavy atom. The van der Waals surface area contributed by atoms with Crippen molar-refractivity contribution in [1.29, 1.82) is 0 Å². The Labute approximate surface area is 125 Å². The van der Waals surface area contributed by atoms with Crippen LogP contribution in [-0.2, 0) is 14.3 Å². The number of urea groups is 1. The van der Waals surface area contributed by atoms with Crippen molar-refractivity contribution < 1.29 is 24.2 Å². The number of carbonyl (C=O) groups excluding carboxylic acids is 1. The molecule has 1 aliphatic rings. The van der Waals surface area contributed by atoms with Crippen LogP contribution in [0.25, 0.3) is 0 Å². The van der Waals surface area contributed by atoms with Crippen molar-refractivity contribution in [2.45, 2.75) is 25.8 Å². The van der Waals surface area contributed by atoms with Crippen molar-refractivity contribution in [2.24, 2.45) is 5.92 Å². The summed E-state index contributed by atoms with van der Waals surface area (Å²) in [5.74, 6) is -1.30. The van der Waals surface area contributed by atoms with Gasteiger partial charge >= 0.3 is 12.0 Å². The maximum absolute atomic E-state index is 12.6. The van der Waals surface area contributed by atoms with Crippen molar-refractivity contribution in [1.82, 2.24) is 9.80 Å². The first-order valence-corrected chi connectivity index (χ1v) is 7.27. The number of carboxylic acids is 1. The van der Waals surface area contributed by atoms with Gasteiger partial charge in [0.25, 0.3) is 0 Å². The zero-order chi connectivity index (χ0) is 15.8. The van der Waals surface area contributed by atoms with E-state index in [2.05, 4.69) is 0 Å². The van der Waals surface area contributed by atoms with Crippen molar-refractivity contribution in [3.8, 4) is 0 Å². The lowest BCUT2D eigenvalue weighted by molar-refractivity contribution is -0.143. The third-order valence-corrected chi connectivity index (χ3v) is 3.76. The zero-order valence-corrected chi connectivity index (χ0v) is 13.1. The monoisotopic (exact) mass is 302 g/mol. The predicted molar refractivity (Wildman–Crippen MR) is 77.2 cm³/mol. The van der Waals surface area contributed by atoms with Gasteiger partial charge in [-0.2, -0.15) is 0 Å². The highest BCUT2D eigenvalue weighted by Gasteiger charge is 2.31. The molecular weight excluding hydrogens is 276 g/mol. The molecule has 21 heavy (non-hydrogen) atoms. The molecule has 0 aromatic heterocycles. The van der Waals surface area contributed by atoms with Gasteiger partial charge in [0, 0.05) is 33.9 Å². The summed E-state index contributed by atoms with van der Waals surface area (Å²) in [6, 6.07) is -0.217. The number of hydrogen-bond donors (Lipinski definition) is 1. The Morgan fingerprint density at radius 3 is 2.67 bits per heavy atom. The molecule has 0 bridgehead atoms. The lowest BCUT2D eigenvalue weighted by atomic mass is 9.98. The van der Waals surface area contributed by atoms with Gasteiger partial charge in [0.15, 0.2) is 0 Å². The molecule has 1 rings (SSSR count). The summed E-state index contributed by atoms with van der Waals surface area (Å²) >= 11 is 0. The summed E-state index contributed by atoms with van der Waals surface area (Å²) < 4.78 is 10.2. The Kier molecular flexibility index (Phi) is 7.45. The van der Waals surface area contributed by atoms with E-state index in [-0.39, 0.29) is 18.6 Å². The van der Waals surface area contributed by atoms with Crippen molar-refractivity contribution in [2.75, 3.05) is 47.1 Å². The number of carboxylic acid groups (broad SMARTS) is 1. The van der Waals surface area contributed by atoms with Crippen LogP contribution in [0.1, 0.15) is 19.8 Å². The number of nitrogens with zero attached hydrogens (tertiary/aromatic N) is 2. The fourth-order valence-electron chi connectivity index (χ4n) is 2.56. The van der Waals surface area contributed by atoms with E-state index in [9.17, 15) is 9.59 Å². The SMILES string of the molecule is COCCN(C(=O)N1CCC[C@H](C(=O)O)C1)C(C)COC. The molecule has 0 aliphatic carbocycles. The van der Waals surface area contributed by atoms with Gasteiger partial charge in [0.2, 0.25) is 0 Å². The summed E-state index contributed by atoms with van der Waals surface area (Å²) in [7, 11) is 3.18. The number of piperidine rings is 1.